The second-order valence-corrected chi connectivity index (χ2v) is 6.53. The Morgan fingerprint density at radius 3 is 2.55 bits per heavy atom. The van der Waals surface area contributed by atoms with Crippen LogP contribution in [0.15, 0.2) is 35.9 Å². The lowest BCUT2D eigenvalue weighted by Crippen LogP contribution is -2.38. The Hall–Kier alpha value is -1.12. The van der Waals surface area contributed by atoms with Gasteiger partial charge in [0.2, 0.25) is 0 Å². The van der Waals surface area contributed by atoms with Gasteiger partial charge >= 0.3 is 0 Å². The third-order valence-corrected chi connectivity index (χ3v) is 4.79. The lowest BCUT2D eigenvalue weighted by atomic mass is 9.92. The van der Waals surface area contributed by atoms with Gasteiger partial charge in [-0.25, -0.2) is 0 Å². The van der Waals surface area contributed by atoms with Gasteiger partial charge in [0.05, 0.1) is 0 Å². The van der Waals surface area contributed by atoms with Crippen molar-refractivity contribution in [3.05, 3.63) is 41.5 Å². The third kappa shape index (κ3) is 3.50. The first kappa shape index (κ1) is 13.8. The van der Waals surface area contributed by atoms with Gasteiger partial charge in [-0.2, -0.15) is 0 Å². The maximum absolute atomic E-state index is 5.97. The summed E-state index contributed by atoms with van der Waals surface area (Å²) in [7, 11) is 0. The molecule has 0 heterocycles. The molecule has 1 aromatic rings. The number of rotatable bonds is 4. The van der Waals surface area contributed by atoms with E-state index in [-0.39, 0.29) is 0 Å². The van der Waals surface area contributed by atoms with Crippen molar-refractivity contribution in [3.8, 4) is 0 Å². The summed E-state index contributed by atoms with van der Waals surface area (Å²) in [4.78, 5) is 0. The zero-order valence-corrected chi connectivity index (χ0v) is 12.4. The minimum Gasteiger partial charge on any atom is -0.328 e. The molecule has 2 saturated carbocycles. The topological polar surface area (TPSA) is 38.0 Å². The van der Waals surface area contributed by atoms with E-state index >= 15 is 0 Å². The predicted molar refractivity (Wildman–Crippen MR) is 85.4 cm³/mol. The van der Waals surface area contributed by atoms with Crippen molar-refractivity contribution in [2.45, 2.75) is 57.2 Å². The van der Waals surface area contributed by atoms with Crippen LogP contribution in [-0.2, 0) is 0 Å². The molecule has 0 bridgehead atoms. The molecule has 0 spiro atoms. The molecule has 2 aliphatic rings. The van der Waals surface area contributed by atoms with Gasteiger partial charge < -0.3 is 11.1 Å². The Kier molecular flexibility index (Phi) is 4.23. The van der Waals surface area contributed by atoms with Crippen LogP contribution in [0.1, 0.15) is 44.6 Å². The van der Waals surface area contributed by atoms with E-state index in [0.717, 1.165) is 5.92 Å². The Balaban J connectivity index is 1.50. The molecule has 0 unspecified atom stereocenters. The van der Waals surface area contributed by atoms with Crippen molar-refractivity contribution in [1.29, 1.82) is 0 Å². The highest BCUT2D eigenvalue weighted by atomic mass is 15.0. The first-order valence-electron chi connectivity index (χ1n) is 7.97. The van der Waals surface area contributed by atoms with E-state index in [9.17, 15) is 0 Å². The normalized spacial score (nSPS) is 34.0. The maximum atomic E-state index is 5.97. The second-order valence-electron chi connectivity index (χ2n) is 6.53. The molecule has 3 rings (SSSR count). The molecule has 0 aromatic heterocycles. The highest BCUT2D eigenvalue weighted by molar-refractivity contribution is 5.53. The van der Waals surface area contributed by atoms with Crippen LogP contribution >= 0.6 is 0 Å². The van der Waals surface area contributed by atoms with Gasteiger partial charge in [0.1, 0.15) is 0 Å². The second kappa shape index (κ2) is 6.11. The average Bonchev–Trinajstić information content (AvgIpc) is 3.22. The minimum absolute atomic E-state index is 0.447. The number of nitrogens with two attached hydrogens (primary N) is 1. The molecule has 20 heavy (non-hydrogen) atoms. The Morgan fingerprint density at radius 1 is 1.15 bits per heavy atom. The molecule has 3 N–H and O–H groups in total. The highest BCUT2D eigenvalue weighted by Crippen LogP contribution is 2.39. The van der Waals surface area contributed by atoms with Crippen molar-refractivity contribution in [2.75, 3.05) is 0 Å². The lowest BCUT2D eigenvalue weighted by Gasteiger charge is -2.27. The third-order valence-electron chi connectivity index (χ3n) is 4.79. The van der Waals surface area contributed by atoms with Gasteiger partial charge in [0, 0.05) is 18.1 Å². The Bertz CT molecular complexity index is 458. The SMILES string of the molecule is C/C(=C\c1ccccc1)[C@@H]1C[C@H]1NC1CCC(N)CC1. The van der Waals surface area contributed by atoms with E-state index in [1.165, 1.54) is 43.2 Å². The Morgan fingerprint density at radius 2 is 1.85 bits per heavy atom. The largest absolute Gasteiger partial charge is 0.328 e. The fourth-order valence-corrected chi connectivity index (χ4v) is 3.39. The molecule has 2 aliphatic carbocycles. The highest BCUT2D eigenvalue weighted by Gasteiger charge is 2.39. The minimum atomic E-state index is 0.447. The van der Waals surface area contributed by atoms with Gasteiger partial charge in [-0.05, 0) is 50.5 Å². The maximum Gasteiger partial charge on any atom is 0.0142 e. The average molecular weight is 270 g/mol. The lowest BCUT2D eigenvalue weighted by molar-refractivity contribution is 0.338. The molecule has 0 radical (unpaired) electrons. The van der Waals surface area contributed by atoms with E-state index in [1.807, 2.05) is 0 Å². The molecule has 2 fully saturated rings. The fraction of sp³-hybridized carbons (Fsp3) is 0.556. The zero-order chi connectivity index (χ0) is 13.9. The van der Waals surface area contributed by atoms with Crippen molar-refractivity contribution in [1.82, 2.24) is 5.32 Å². The molecular formula is C18H26N2. The summed E-state index contributed by atoms with van der Waals surface area (Å²) in [5.74, 6) is 0.741. The standard InChI is InChI=1S/C18H26N2/c1-13(11-14-5-3-2-4-6-14)17-12-18(17)20-16-9-7-15(19)8-10-16/h2-6,11,15-18,20H,7-10,12,19H2,1H3/b13-11+/t15?,16?,17-,18+/m0/s1. The van der Waals surface area contributed by atoms with Crippen LogP contribution in [0.5, 0.6) is 0 Å². The first-order valence-corrected chi connectivity index (χ1v) is 7.97. The molecule has 2 nitrogen and oxygen atoms in total. The quantitative estimate of drug-likeness (QED) is 0.880. The fourth-order valence-electron chi connectivity index (χ4n) is 3.39. The summed E-state index contributed by atoms with van der Waals surface area (Å²) in [5.41, 5.74) is 8.80. The van der Waals surface area contributed by atoms with Gasteiger partial charge in [-0.15, -0.1) is 0 Å². The van der Waals surface area contributed by atoms with Crippen molar-refractivity contribution in [3.63, 3.8) is 0 Å². The van der Waals surface area contributed by atoms with Crippen LogP contribution in [0.4, 0.5) is 0 Å². The van der Waals surface area contributed by atoms with E-state index in [1.54, 1.807) is 0 Å². The van der Waals surface area contributed by atoms with Crippen molar-refractivity contribution in [2.24, 2.45) is 11.7 Å². The number of nitrogens with one attached hydrogen (secondary N) is 1. The molecule has 108 valence electrons. The summed E-state index contributed by atoms with van der Waals surface area (Å²) >= 11 is 0. The predicted octanol–water partition coefficient (Wildman–Crippen LogP) is 3.34. The van der Waals surface area contributed by atoms with Crippen LogP contribution in [-0.4, -0.2) is 18.1 Å². The smallest absolute Gasteiger partial charge is 0.0142 e. The van der Waals surface area contributed by atoms with E-state index in [4.69, 9.17) is 5.73 Å². The summed E-state index contributed by atoms with van der Waals surface area (Å²) in [6, 6.07) is 12.5. The number of hydrogen-bond acceptors (Lipinski definition) is 2. The summed E-state index contributed by atoms with van der Waals surface area (Å²) in [6.45, 7) is 2.27. The van der Waals surface area contributed by atoms with Crippen molar-refractivity contribution >= 4 is 6.08 Å². The Labute approximate surface area is 122 Å². The van der Waals surface area contributed by atoms with E-state index < -0.39 is 0 Å². The zero-order valence-electron chi connectivity index (χ0n) is 12.4. The molecule has 2 atom stereocenters. The molecule has 1 aromatic carbocycles. The summed E-state index contributed by atoms with van der Waals surface area (Å²) in [6.07, 6.45) is 8.53. The monoisotopic (exact) mass is 270 g/mol. The van der Waals surface area contributed by atoms with Gasteiger partial charge in [-0.1, -0.05) is 42.0 Å². The first-order chi connectivity index (χ1) is 9.72. The summed E-state index contributed by atoms with van der Waals surface area (Å²) < 4.78 is 0. The van der Waals surface area contributed by atoms with Gasteiger partial charge in [0.25, 0.3) is 0 Å². The molecule has 0 aliphatic heterocycles. The van der Waals surface area contributed by atoms with E-state index in [0.29, 0.717) is 18.1 Å². The van der Waals surface area contributed by atoms with Crippen LogP contribution in [0.25, 0.3) is 6.08 Å². The van der Waals surface area contributed by atoms with Crippen molar-refractivity contribution < 1.29 is 0 Å². The summed E-state index contributed by atoms with van der Waals surface area (Å²) in [5, 5.41) is 3.83. The van der Waals surface area contributed by atoms with Crippen LogP contribution < -0.4 is 11.1 Å². The number of benzene rings is 1. The van der Waals surface area contributed by atoms with Crippen LogP contribution in [0, 0.1) is 5.92 Å². The number of hydrogen-bond donors (Lipinski definition) is 2. The van der Waals surface area contributed by atoms with E-state index in [2.05, 4.69) is 48.6 Å². The van der Waals surface area contributed by atoms with Gasteiger partial charge in [0.15, 0.2) is 0 Å². The van der Waals surface area contributed by atoms with Crippen LogP contribution in [0.3, 0.4) is 0 Å². The molecule has 2 heteroatoms. The van der Waals surface area contributed by atoms with Crippen LogP contribution in [0.2, 0.25) is 0 Å². The molecular weight excluding hydrogens is 244 g/mol. The molecule has 0 amide bonds. The van der Waals surface area contributed by atoms with Gasteiger partial charge in [-0.3, -0.25) is 0 Å². The molecule has 0 saturated heterocycles.